The van der Waals surface area contributed by atoms with Crippen LogP contribution in [0.3, 0.4) is 0 Å². The first-order chi connectivity index (χ1) is 25.7. The lowest BCUT2D eigenvalue weighted by Crippen LogP contribution is -2.06. The minimum atomic E-state index is -0.967. The molecule has 0 atom stereocenters. The zero-order chi connectivity index (χ0) is 38.3. The van der Waals surface area contributed by atoms with Crippen molar-refractivity contribution in [1.82, 2.24) is 0 Å². The predicted octanol–water partition coefficient (Wildman–Crippen LogP) is 7.20. The van der Waals surface area contributed by atoms with E-state index in [1.54, 1.807) is 0 Å². The van der Waals surface area contributed by atoms with Gasteiger partial charge in [0.25, 0.3) is 0 Å². The number of phenols is 12. The number of rotatable bonds is 5. The Morgan fingerprint density at radius 2 is 0.722 bits per heavy atom. The Bertz CT molecular complexity index is 2560. The molecule has 8 rings (SSSR count). The van der Waals surface area contributed by atoms with E-state index in [1.807, 2.05) is 0 Å². The van der Waals surface area contributed by atoms with Crippen molar-refractivity contribution in [2.75, 3.05) is 0 Å². The third-order valence-corrected chi connectivity index (χ3v) is 7.96. The maximum Gasteiger partial charge on any atom is 0.220 e. The van der Waals surface area contributed by atoms with Crippen LogP contribution in [0.2, 0.25) is 0 Å². The zero-order valence-corrected chi connectivity index (χ0v) is 26.6. The summed E-state index contributed by atoms with van der Waals surface area (Å²) in [5.74, 6) is -13.7. The SMILES string of the molecule is Oc1cc(O)cc(Oc2c(O)cc(O)c3c2Oc2cc(O)c(O)c(-c4c(O)cc(O)c5c4Oc4c(O)cc(O)c(Oc6cc(O)cc(O)c6)c4O5)c2O3)c1. The van der Waals surface area contributed by atoms with Gasteiger partial charge in [0.05, 0.1) is 11.1 Å². The van der Waals surface area contributed by atoms with E-state index in [0.29, 0.717) is 0 Å². The molecule has 6 aromatic rings. The average Bonchev–Trinajstić information content (AvgIpc) is 3.08. The second-order valence-corrected chi connectivity index (χ2v) is 11.7. The first-order valence-electron chi connectivity index (χ1n) is 15.2. The second-order valence-electron chi connectivity index (χ2n) is 11.7. The maximum atomic E-state index is 11.2. The van der Waals surface area contributed by atoms with Crippen molar-refractivity contribution in [3.63, 3.8) is 0 Å². The highest BCUT2D eigenvalue weighted by molar-refractivity contribution is 5.93. The quantitative estimate of drug-likeness (QED) is 0.0775. The molecule has 54 heavy (non-hydrogen) atoms. The van der Waals surface area contributed by atoms with Gasteiger partial charge in [0, 0.05) is 60.7 Å². The molecule has 2 aliphatic rings. The molecule has 18 heteroatoms. The van der Waals surface area contributed by atoms with E-state index in [2.05, 4.69) is 0 Å². The Morgan fingerprint density at radius 3 is 1.22 bits per heavy atom. The minimum Gasteiger partial charge on any atom is -0.508 e. The van der Waals surface area contributed by atoms with Gasteiger partial charge in [0.15, 0.2) is 57.5 Å². The second kappa shape index (κ2) is 11.6. The normalized spacial score (nSPS) is 12.1. The fourth-order valence-electron chi connectivity index (χ4n) is 5.76. The number of phenolic OH excluding ortho intramolecular Hbond substituents is 12. The van der Waals surface area contributed by atoms with Crippen LogP contribution >= 0.6 is 0 Å². The van der Waals surface area contributed by atoms with Gasteiger partial charge >= 0.3 is 0 Å². The summed E-state index contributed by atoms with van der Waals surface area (Å²) in [5, 5.41) is 127. The van der Waals surface area contributed by atoms with Crippen molar-refractivity contribution in [2.45, 2.75) is 0 Å². The molecule has 0 radical (unpaired) electrons. The molecule has 0 unspecified atom stereocenters. The van der Waals surface area contributed by atoms with Crippen LogP contribution in [0.5, 0.6) is 138 Å². The predicted molar refractivity (Wildman–Crippen MR) is 178 cm³/mol. The zero-order valence-electron chi connectivity index (χ0n) is 26.6. The summed E-state index contributed by atoms with van der Waals surface area (Å²) in [7, 11) is 0. The Labute approximate surface area is 299 Å². The van der Waals surface area contributed by atoms with Gasteiger partial charge in [0.2, 0.25) is 40.2 Å². The van der Waals surface area contributed by atoms with Crippen LogP contribution < -0.4 is 28.4 Å². The third-order valence-electron chi connectivity index (χ3n) is 7.96. The van der Waals surface area contributed by atoms with Gasteiger partial charge in [-0.05, 0) is 0 Å². The summed E-state index contributed by atoms with van der Waals surface area (Å²) in [4.78, 5) is 0. The highest BCUT2D eigenvalue weighted by Gasteiger charge is 2.39. The Morgan fingerprint density at radius 1 is 0.315 bits per heavy atom. The van der Waals surface area contributed by atoms with E-state index in [4.69, 9.17) is 28.4 Å². The molecule has 0 bridgehead atoms. The smallest absolute Gasteiger partial charge is 0.220 e. The molecule has 2 aliphatic heterocycles. The van der Waals surface area contributed by atoms with Crippen molar-refractivity contribution in [3.05, 3.63) is 60.7 Å². The van der Waals surface area contributed by atoms with Crippen LogP contribution in [-0.2, 0) is 0 Å². The summed E-state index contributed by atoms with van der Waals surface area (Å²) < 4.78 is 34.9. The number of fused-ring (bicyclic) bond motifs is 4. The molecule has 0 spiro atoms. The summed E-state index contributed by atoms with van der Waals surface area (Å²) in [6.07, 6.45) is 0. The van der Waals surface area contributed by atoms with Crippen LogP contribution in [-0.4, -0.2) is 61.3 Å². The molecular formula is C36H22O18. The number of hydrogen-bond acceptors (Lipinski definition) is 18. The first-order valence-corrected chi connectivity index (χ1v) is 15.2. The topological polar surface area (TPSA) is 298 Å². The molecule has 0 fully saturated rings. The highest BCUT2D eigenvalue weighted by Crippen LogP contribution is 2.67. The van der Waals surface area contributed by atoms with Crippen molar-refractivity contribution < 1.29 is 89.7 Å². The fraction of sp³-hybridized carbons (Fsp3) is 0. The van der Waals surface area contributed by atoms with Crippen molar-refractivity contribution >= 4 is 0 Å². The van der Waals surface area contributed by atoms with Gasteiger partial charge in [0.1, 0.15) is 40.2 Å². The van der Waals surface area contributed by atoms with E-state index in [-0.39, 0.29) is 11.5 Å². The van der Waals surface area contributed by atoms with E-state index in [0.717, 1.165) is 60.7 Å². The van der Waals surface area contributed by atoms with Gasteiger partial charge in [-0.25, -0.2) is 0 Å². The summed E-state index contributed by atoms with van der Waals surface area (Å²) in [6, 6.07) is 9.53. The van der Waals surface area contributed by atoms with Gasteiger partial charge in [-0.3, -0.25) is 0 Å². The largest absolute Gasteiger partial charge is 0.508 e. The molecule has 0 saturated heterocycles. The maximum absolute atomic E-state index is 11.2. The molecule has 274 valence electrons. The van der Waals surface area contributed by atoms with Gasteiger partial charge < -0.3 is 89.7 Å². The Kier molecular flexibility index (Phi) is 7.09. The molecule has 6 aromatic carbocycles. The standard InChI is InChI=1S/C36H22O18/c37-11-1-12(38)4-15(3-11)49-29-20(44)8-22(46)31-35(29)51-24-10-18(42)27(48)26(33(24)52-31)25-17(41)7-19(43)28-34(25)53-32-23(47)9-21(45)30(36(32)54-28)50-16-5-13(39)2-14(40)6-16/h1-10,37-48H. The molecule has 2 heterocycles. The molecule has 0 saturated carbocycles. The first kappa shape index (κ1) is 32.9. The molecule has 0 amide bonds. The van der Waals surface area contributed by atoms with E-state index < -0.39 is 138 Å². The van der Waals surface area contributed by atoms with Crippen LogP contribution in [0, 0.1) is 0 Å². The number of hydrogen-bond donors (Lipinski definition) is 12. The molecule has 18 nitrogen and oxygen atoms in total. The van der Waals surface area contributed by atoms with E-state index in [9.17, 15) is 61.3 Å². The molecule has 0 aromatic heterocycles. The summed E-state index contributed by atoms with van der Waals surface area (Å²) in [6.45, 7) is 0. The number of benzene rings is 6. The molecular weight excluding hydrogens is 720 g/mol. The summed E-state index contributed by atoms with van der Waals surface area (Å²) >= 11 is 0. The Hall–Kier alpha value is -8.28. The van der Waals surface area contributed by atoms with Crippen LogP contribution in [0.4, 0.5) is 0 Å². The third kappa shape index (κ3) is 5.21. The molecule has 0 aliphatic carbocycles. The van der Waals surface area contributed by atoms with Crippen molar-refractivity contribution in [1.29, 1.82) is 0 Å². The van der Waals surface area contributed by atoms with Gasteiger partial charge in [-0.15, -0.1) is 0 Å². The van der Waals surface area contributed by atoms with Crippen molar-refractivity contribution in [2.24, 2.45) is 0 Å². The van der Waals surface area contributed by atoms with Crippen LogP contribution in [0.1, 0.15) is 0 Å². The monoisotopic (exact) mass is 742 g/mol. The minimum absolute atomic E-state index is 0.192. The van der Waals surface area contributed by atoms with Gasteiger partial charge in [-0.1, -0.05) is 0 Å². The van der Waals surface area contributed by atoms with E-state index >= 15 is 0 Å². The number of ether oxygens (including phenoxy) is 6. The lowest BCUT2D eigenvalue weighted by Gasteiger charge is -2.29. The fourth-order valence-corrected chi connectivity index (χ4v) is 5.76. The van der Waals surface area contributed by atoms with Crippen LogP contribution in [0.15, 0.2) is 60.7 Å². The lowest BCUT2D eigenvalue weighted by molar-refractivity contribution is 0.298. The number of aromatic hydroxyl groups is 12. The van der Waals surface area contributed by atoms with Crippen LogP contribution in [0.25, 0.3) is 11.1 Å². The average molecular weight is 743 g/mol. The lowest BCUT2D eigenvalue weighted by atomic mass is 9.98. The Balaban J connectivity index is 1.26. The highest BCUT2D eigenvalue weighted by atomic mass is 16.6. The van der Waals surface area contributed by atoms with E-state index in [1.165, 1.54) is 0 Å². The van der Waals surface area contributed by atoms with Crippen molar-refractivity contribution in [3.8, 4) is 149 Å². The summed E-state index contributed by atoms with van der Waals surface area (Å²) in [5.41, 5.74) is -1.14. The molecule has 12 N–H and O–H groups in total. The van der Waals surface area contributed by atoms with Gasteiger partial charge in [-0.2, -0.15) is 0 Å².